The third-order valence-corrected chi connectivity index (χ3v) is 3.22. The maximum atomic E-state index is 4.37. The normalized spacial score (nSPS) is 15.6. The Bertz CT molecular complexity index is 519. The van der Waals surface area contributed by atoms with Crippen molar-refractivity contribution in [2.24, 2.45) is 0 Å². The Balaban J connectivity index is 1.65. The largest absolute Gasteiger partial charge is 0.353 e. The Morgan fingerprint density at radius 1 is 0.947 bits per heavy atom. The number of nitrogens with zero attached hydrogens (tertiary/aromatic N) is 6. The summed E-state index contributed by atoms with van der Waals surface area (Å²) in [6.45, 7) is 5.67. The molecule has 0 bridgehead atoms. The zero-order valence-electron chi connectivity index (χ0n) is 10.9. The van der Waals surface area contributed by atoms with E-state index in [9.17, 15) is 0 Å². The Kier molecular flexibility index (Phi) is 3.22. The van der Waals surface area contributed by atoms with Crippen molar-refractivity contribution in [3.8, 4) is 0 Å². The van der Waals surface area contributed by atoms with Crippen LogP contribution in [-0.4, -0.2) is 46.1 Å². The number of rotatable bonds is 2. The van der Waals surface area contributed by atoms with Crippen LogP contribution in [0, 0.1) is 6.92 Å². The lowest BCUT2D eigenvalue weighted by Gasteiger charge is -2.35. The Hall–Kier alpha value is -2.24. The average molecular weight is 256 g/mol. The predicted octanol–water partition coefficient (Wildman–Crippen LogP) is 0.902. The Morgan fingerprint density at radius 2 is 1.63 bits per heavy atom. The summed E-state index contributed by atoms with van der Waals surface area (Å²) in [4.78, 5) is 21.4. The van der Waals surface area contributed by atoms with Crippen molar-refractivity contribution in [3.05, 3.63) is 36.5 Å². The van der Waals surface area contributed by atoms with Crippen LogP contribution < -0.4 is 9.80 Å². The van der Waals surface area contributed by atoms with Crippen LogP contribution in [0.3, 0.4) is 0 Å². The molecule has 0 aliphatic carbocycles. The van der Waals surface area contributed by atoms with Crippen molar-refractivity contribution >= 4 is 11.8 Å². The highest BCUT2D eigenvalue weighted by Gasteiger charge is 2.19. The van der Waals surface area contributed by atoms with Crippen LogP contribution in [0.4, 0.5) is 11.8 Å². The fraction of sp³-hybridized carbons (Fsp3) is 0.385. The van der Waals surface area contributed by atoms with Gasteiger partial charge in [-0.05, 0) is 18.6 Å². The SMILES string of the molecule is Cc1cnc(N2CCN(c3ccncn3)CC2)nc1. The van der Waals surface area contributed by atoms with E-state index in [0.717, 1.165) is 43.5 Å². The second-order valence-corrected chi connectivity index (χ2v) is 4.60. The number of hydrogen-bond acceptors (Lipinski definition) is 6. The van der Waals surface area contributed by atoms with Crippen LogP contribution >= 0.6 is 0 Å². The molecule has 1 aliphatic heterocycles. The van der Waals surface area contributed by atoms with Crippen molar-refractivity contribution in [1.29, 1.82) is 0 Å². The van der Waals surface area contributed by atoms with Crippen LogP contribution in [0.5, 0.6) is 0 Å². The highest BCUT2D eigenvalue weighted by molar-refractivity contribution is 5.41. The topological polar surface area (TPSA) is 58.0 Å². The van der Waals surface area contributed by atoms with Gasteiger partial charge in [-0.2, -0.15) is 0 Å². The molecule has 0 unspecified atom stereocenters. The molecule has 0 atom stereocenters. The summed E-state index contributed by atoms with van der Waals surface area (Å²) in [5.74, 6) is 1.80. The molecular formula is C13H16N6. The van der Waals surface area contributed by atoms with Crippen molar-refractivity contribution in [2.75, 3.05) is 36.0 Å². The summed E-state index contributed by atoms with van der Waals surface area (Å²) in [5.41, 5.74) is 1.09. The van der Waals surface area contributed by atoms with Gasteiger partial charge in [0.25, 0.3) is 0 Å². The van der Waals surface area contributed by atoms with E-state index in [4.69, 9.17) is 0 Å². The van der Waals surface area contributed by atoms with Crippen LogP contribution in [0.1, 0.15) is 5.56 Å². The molecule has 98 valence electrons. The first-order valence-corrected chi connectivity index (χ1v) is 6.37. The van der Waals surface area contributed by atoms with Gasteiger partial charge in [0.1, 0.15) is 12.1 Å². The summed E-state index contributed by atoms with van der Waals surface area (Å²) >= 11 is 0. The number of piperazine rings is 1. The molecule has 0 aromatic carbocycles. The van der Waals surface area contributed by atoms with E-state index in [-0.39, 0.29) is 0 Å². The molecular weight excluding hydrogens is 240 g/mol. The monoisotopic (exact) mass is 256 g/mol. The van der Waals surface area contributed by atoms with E-state index in [1.165, 1.54) is 0 Å². The second kappa shape index (κ2) is 5.17. The van der Waals surface area contributed by atoms with Crippen LogP contribution in [0.25, 0.3) is 0 Å². The zero-order chi connectivity index (χ0) is 13.1. The maximum absolute atomic E-state index is 4.37. The van der Waals surface area contributed by atoms with E-state index in [1.807, 2.05) is 25.4 Å². The van der Waals surface area contributed by atoms with E-state index < -0.39 is 0 Å². The minimum atomic E-state index is 0.813. The van der Waals surface area contributed by atoms with E-state index in [1.54, 1.807) is 12.5 Å². The van der Waals surface area contributed by atoms with Gasteiger partial charge >= 0.3 is 0 Å². The first-order chi connectivity index (χ1) is 9.33. The molecule has 1 saturated heterocycles. The first-order valence-electron chi connectivity index (χ1n) is 6.37. The van der Waals surface area contributed by atoms with Gasteiger partial charge in [0.05, 0.1) is 0 Å². The Morgan fingerprint density at radius 3 is 2.26 bits per heavy atom. The van der Waals surface area contributed by atoms with Crippen LogP contribution in [0.15, 0.2) is 31.0 Å². The molecule has 6 heteroatoms. The second-order valence-electron chi connectivity index (χ2n) is 4.60. The number of aromatic nitrogens is 4. The minimum Gasteiger partial charge on any atom is -0.353 e. The zero-order valence-corrected chi connectivity index (χ0v) is 10.9. The first kappa shape index (κ1) is 11.8. The molecule has 2 aromatic rings. The van der Waals surface area contributed by atoms with E-state index >= 15 is 0 Å². The summed E-state index contributed by atoms with van der Waals surface area (Å²) < 4.78 is 0. The molecule has 19 heavy (non-hydrogen) atoms. The van der Waals surface area contributed by atoms with E-state index in [0.29, 0.717) is 0 Å². The molecule has 0 N–H and O–H groups in total. The molecule has 0 spiro atoms. The smallest absolute Gasteiger partial charge is 0.225 e. The lowest BCUT2D eigenvalue weighted by atomic mass is 10.3. The average Bonchev–Trinajstić information content (AvgIpc) is 2.49. The van der Waals surface area contributed by atoms with Gasteiger partial charge < -0.3 is 9.80 Å². The van der Waals surface area contributed by atoms with Gasteiger partial charge in [0.2, 0.25) is 5.95 Å². The van der Waals surface area contributed by atoms with Crippen molar-refractivity contribution in [2.45, 2.75) is 6.92 Å². The van der Waals surface area contributed by atoms with Crippen molar-refractivity contribution < 1.29 is 0 Å². The molecule has 2 aromatic heterocycles. The maximum Gasteiger partial charge on any atom is 0.225 e. The predicted molar refractivity (Wildman–Crippen MR) is 73.2 cm³/mol. The molecule has 6 nitrogen and oxygen atoms in total. The molecule has 3 heterocycles. The Labute approximate surface area is 112 Å². The lowest BCUT2D eigenvalue weighted by molar-refractivity contribution is 0.633. The molecule has 1 fully saturated rings. The fourth-order valence-corrected chi connectivity index (χ4v) is 2.16. The van der Waals surface area contributed by atoms with Gasteiger partial charge in [0, 0.05) is 44.8 Å². The van der Waals surface area contributed by atoms with Gasteiger partial charge in [-0.1, -0.05) is 0 Å². The van der Waals surface area contributed by atoms with Crippen LogP contribution in [-0.2, 0) is 0 Å². The summed E-state index contributed by atoms with van der Waals surface area (Å²) in [7, 11) is 0. The molecule has 3 rings (SSSR count). The van der Waals surface area contributed by atoms with Crippen molar-refractivity contribution in [3.63, 3.8) is 0 Å². The summed E-state index contributed by atoms with van der Waals surface area (Å²) in [6.07, 6.45) is 7.08. The van der Waals surface area contributed by atoms with Gasteiger partial charge in [-0.25, -0.2) is 19.9 Å². The minimum absolute atomic E-state index is 0.813. The standard InChI is InChI=1S/C13H16N6/c1-11-8-15-13(16-9-11)19-6-4-18(5-7-19)12-2-3-14-10-17-12/h2-3,8-10H,4-7H2,1H3. The molecule has 0 radical (unpaired) electrons. The molecule has 1 aliphatic rings. The number of aryl methyl sites for hydroxylation is 1. The number of hydrogen-bond donors (Lipinski definition) is 0. The van der Waals surface area contributed by atoms with Gasteiger partial charge in [-0.15, -0.1) is 0 Å². The summed E-state index contributed by atoms with van der Waals surface area (Å²) in [6, 6.07) is 1.94. The van der Waals surface area contributed by atoms with Crippen molar-refractivity contribution in [1.82, 2.24) is 19.9 Å². The highest BCUT2D eigenvalue weighted by Crippen LogP contribution is 2.15. The fourth-order valence-electron chi connectivity index (χ4n) is 2.16. The van der Waals surface area contributed by atoms with Gasteiger partial charge in [0.15, 0.2) is 0 Å². The molecule has 0 amide bonds. The summed E-state index contributed by atoms with van der Waals surface area (Å²) in [5, 5.41) is 0. The van der Waals surface area contributed by atoms with Gasteiger partial charge in [-0.3, -0.25) is 0 Å². The number of anilines is 2. The van der Waals surface area contributed by atoms with E-state index in [2.05, 4.69) is 29.7 Å². The highest BCUT2D eigenvalue weighted by atomic mass is 15.3. The quantitative estimate of drug-likeness (QED) is 0.795. The third kappa shape index (κ3) is 2.62. The van der Waals surface area contributed by atoms with Crippen LogP contribution in [0.2, 0.25) is 0 Å². The third-order valence-electron chi connectivity index (χ3n) is 3.22. The molecule has 0 saturated carbocycles. The lowest BCUT2D eigenvalue weighted by Crippen LogP contribution is -2.47.